The van der Waals surface area contributed by atoms with Gasteiger partial charge in [-0.25, -0.2) is 4.99 Å². The second-order valence-corrected chi connectivity index (χ2v) is 7.70. The van der Waals surface area contributed by atoms with E-state index in [9.17, 15) is 4.79 Å². The van der Waals surface area contributed by atoms with E-state index in [1.165, 1.54) is 17.7 Å². The molecule has 1 amide bonds. The minimum Gasteiger partial charge on any atom is -0.357 e. The second kappa shape index (κ2) is 10.4. The van der Waals surface area contributed by atoms with Crippen molar-refractivity contribution in [1.29, 1.82) is 0 Å². The van der Waals surface area contributed by atoms with Crippen molar-refractivity contribution in [3.8, 4) is 0 Å². The summed E-state index contributed by atoms with van der Waals surface area (Å²) < 4.78 is 0. The fraction of sp³-hybridized carbons (Fsp3) is 0.667. The van der Waals surface area contributed by atoms with E-state index in [0.29, 0.717) is 5.92 Å². The molecule has 1 aromatic heterocycles. The minimum atomic E-state index is 0.0130. The van der Waals surface area contributed by atoms with Crippen LogP contribution in [0.4, 0.5) is 0 Å². The van der Waals surface area contributed by atoms with Gasteiger partial charge < -0.3 is 15.5 Å². The lowest BCUT2D eigenvalue weighted by atomic mass is 9.97. The number of piperidine rings is 1. The van der Waals surface area contributed by atoms with Gasteiger partial charge in [-0.2, -0.15) is 0 Å². The molecule has 0 bridgehead atoms. The minimum absolute atomic E-state index is 0.0130. The quantitative estimate of drug-likeness (QED) is 0.569. The maximum Gasteiger partial charge on any atom is 0.243 e. The average Bonchev–Trinajstić information content (AvgIpc) is 3.11. The summed E-state index contributed by atoms with van der Waals surface area (Å²) in [7, 11) is 3.50. The van der Waals surface area contributed by atoms with Crippen LogP contribution in [0.15, 0.2) is 22.5 Å². The highest BCUT2D eigenvalue weighted by molar-refractivity contribution is 7.09. The van der Waals surface area contributed by atoms with E-state index in [-0.39, 0.29) is 12.5 Å². The summed E-state index contributed by atoms with van der Waals surface area (Å²) in [4.78, 5) is 21.6. The van der Waals surface area contributed by atoms with Crippen LogP contribution < -0.4 is 10.6 Å². The largest absolute Gasteiger partial charge is 0.357 e. The van der Waals surface area contributed by atoms with Gasteiger partial charge in [-0.15, -0.1) is 11.3 Å². The van der Waals surface area contributed by atoms with E-state index >= 15 is 0 Å². The van der Waals surface area contributed by atoms with Crippen LogP contribution in [0.1, 0.15) is 24.6 Å². The first-order valence-electron chi connectivity index (χ1n) is 9.05. The zero-order valence-electron chi connectivity index (χ0n) is 15.6. The van der Waals surface area contributed by atoms with Gasteiger partial charge in [0.15, 0.2) is 5.96 Å². The topological polar surface area (TPSA) is 60.0 Å². The maximum absolute atomic E-state index is 11.7. The normalized spacial score (nSPS) is 16.7. The van der Waals surface area contributed by atoms with E-state index in [1.807, 2.05) is 18.3 Å². The van der Waals surface area contributed by atoms with Gasteiger partial charge in [-0.05, 0) is 50.2 Å². The molecule has 25 heavy (non-hydrogen) atoms. The monoisotopic (exact) mass is 365 g/mol. The Morgan fingerprint density at radius 1 is 1.36 bits per heavy atom. The molecule has 6 nitrogen and oxygen atoms in total. The van der Waals surface area contributed by atoms with E-state index in [2.05, 4.69) is 38.0 Å². The van der Waals surface area contributed by atoms with Crippen molar-refractivity contribution in [1.82, 2.24) is 20.4 Å². The molecule has 1 aliphatic heterocycles. The molecular weight excluding hydrogens is 334 g/mol. The number of nitrogens with zero attached hydrogens (tertiary/aromatic N) is 3. The molecular formula is C18H31N5OS. The van der Waals surface area contributed by atoms with E-state index in [4.69, 9.17) is 0 Å². The third-order valence-electron chi connectivity index (χ3n) is 4.44. The van der Waals surface area contributed by atoms with Gasteiger partial charge in [-0.3, -0.25) is 9.69 Å². The number of carbonyl (C=O) groups excluding carboxylic acids is 1. The van der Waals surface area contributed by atoms with Crippen molar-refractivity contribution < 1.29 is 4.79 Å². The van der Waals surface area contributed by atoms with Gasteiger partial charge in [0.25, 0.3) is 0 Å². The molecule has 0 atom stereocenters. The zero-order valence-corrected chi connectivity index (χ0v) is 16.4. The Kier molecular flexibility index (Phi) is 8.21. The molecule has 2 N–H and O–H groups in total. The molecule has 0 spiro atoms. The number of rotatable bonds is 7. The van der Waals surface area contributed by atoms with E-state index in [0.717, 1.165) is 38.7 Å². The van der Waals surface area contributed by atoms with Crippen LogP contribution in [0, 0.1) is 5.92 Å². The van der Waals surface area contributed by atoms with Gasteiger partial charge in [0, 0.05) is 38.6 Å². The van der Waals surface area contributed by atoms with Crippen molar-refractivity contribution in [3.63, 3.8) is 0 Å². The summed E-state index contributed by atoms with van der Waals surface area (Å²) in [6, 6.07) is 4.34. The Labute approximate surface area is 155 Å². The first kappa shape index (κ1) is 19.7. The highest BCUT2D eigenvalue weighted by atomic mass is 32.1. The lowest BCUT2D eigenvalue weighted by Crippen LogP contribution is -2.43. The number of guanidine groups is 1. The number of hydrogen-bond acceptors (Lipinski definition) is 4. The SMILES string of the molecule is CCNC(=NCC(=O)N(C)C)NCC1CCN(Cc2cccs2)CC1. The summed E-state index contributed by atoms with van der Waals surface area (Å²) in [6.45, 7) is 7.30. The highest BCUT2D eigenvalue weighted by Gasteiger charge is 2.19. The summed E-state index contributed by atoms with van der Waals surface area (Å²) in [5.41, 5.74) is 0. The predicted molar refractivity (Wildman–Crippen MR) is 105 cm³/mol. The molecule has 7 heteroatoms. The summed E-state index contributed by atoms with van der Waals surface area (Å²) >= 11 is 1.84. The van der Waals surface area contributed by atoms with Crippen molar-refractivity contribution in [3.05, 3.63) is 22.4 Å². The van der Waals surface area contributed by atoms with Crippen LogP contribution in [0.25, 0.3) is 0 Å². The number of carbonyl (C=O) groups is 1. The van der Waals surface area contributed by atoms with Crippen LogP contribution in [0.3, 0.4) is 0 Å². The predicted octanol–water partition coefficient (Wildman–Crippen LogP) is 1.60. The number of hydrogen-bond donors (Lipinski definition) is 2. The molecule has 0 aliphatic carbocycles. The molecule has 0 unspecified atom stereocenters. The molecule has 140 valence electrons. The molecule has 1 saturated heterocycles. The number of nitrogens with one attached hydrogen (secondary N) is 2. The summed E-state index contributed by atoms with van der Waals surface area (Å²) in [5, 5.41) is 8.76. The van der Waals surface area contributed by atoms with Crippen molar-refractivity contribution in [2.75, 3.05) is 46.8 Å². The van der Waals surface area contributed by atoms with Crippen LogP contribution in [-0.2, 0) is 11.3 Å². The maximum atomic E-state index is 11.7. The van der Waals surface area contributed by atoms with Crippen LogP contribution in [-0.4, -0.2) is 68.5 Å². The molecule has 2 heterocycles. The van der Waals surface area contributed by atoms with Crippen molar-refractivity contribution in [2.24, 2.45) is 10.9 Å². The van der Waals surface area contributed by atoms with Gasteiger partial charge >= 0.3 is 0 Å². The van der Waals surface area contributed by atoms with Crippen molar-refractivity contribution >= 4 is 23.2 Å². The Hall–Kier alpha value is -1.60. The fourth-order valence-corrected chi connectivity index (χ4v) is 3.59. The Balaban J connectivity index is 1.72. The standard InChI is InChI=1S/C18H31N5OS/c1-4-19-18(21-13-17(24)22(2)3)20-12-15-7-9-23(10-8-15)14-16-6-5-11-25-16/h5-6,11,15H,4,7-10,12-14H2,1-3H3,(H2,19,20,21). The number of aliphatic imine (C=N–C) groups is 1. The molecule has 1 fully saturated rings. The van der Waals surface area contributed by atoms with Crippen molar-refractivity contribution in [2.45, 2.75) is 26.3 Å². The smallest absolute Gasteiger partial charge is 0.243 e. The second-order valence-electron chi connectivity index (χ2n) is 6.66. The number of amides is 1. The average molecular weight is 366 g/mol. The molecule has 0 radical (unpaired) electrons. The molecule has 1 aliphatic rings. The van der Waals surface area contributed by atoms with E-state index in [1.54, 1.807) is 19.0 Å². The van der Waals surface area contributed by atoms with Gasteiger partial charge in [0.1, 0.15) is 6.54 Å². The van der Waals surface area contributed by atoms with E-state index < -0.39 is 0 Å². The summed E-state index contributed by atoms with van der Waals surface area (Å²) in [6.07, 6.45) is 2.41. The number of thiophene rings is 1. The Bertz CT molecular complexity index is 536. The molecule has 1 aromatic rings. The number of likely N-dealkylation sites (N-methyl/N-ethyl adjacent to an activating group) is 1. The Morgan fingerprint density at radius 3 is 2.72 bits per heavy atom. The molecule has 2 rings (SSSR count). The van der Waals surface area contributed by atoms with Crippen LogP contribution >= 0.6 is 11.3 Å². The lowest BCUT2D eigenvalue weighted by Gasteiger charge is -2.32. The summed E-state index contributed by atoms with van der Waals surface area (Å²) in [5.74, 6) is 1.41. The van der Waals surface area contributed by atoms with Crippen LogP contribution in [0.2, 0.25) is 0 Å². The van der Waals surface area contributed by atoms with Gasteiger partial charge in [0.05, 0.1) is 0 Å². The zero-order chi connectivity index (χ0) is 18.1. The third kappa shape index (κ3) is 7.04. The first-order chi connectivity index (χ1) is 12.1. The van der Waals surface area contributed by atoms with Gasteiger partial charge in [0.2, 0.25) is 5.91 Å². The fourth-order valence-electron chi connectivity index (χ4n) is 2.84. The Morgan fingerprint density at radius 2 is 2.12 bits per heavy atom. The lowest BCUT2D eigenvalue weighted by molar-refractivity contribution is -0.127. The number of likely N-dealkylation sites (tertiary alicyclic amines) is 1. The van der Waals surface area contributed by atoms with Crippen LogP contribution in [0.5, 0.6) is 0 Å². The highest BCUT2D eigenvalue weighted by Crippen LogP contribution is 2.20. The molecule has 0 saturated carbocycles. The third-order valence-corrected chi connectivity index (χ3v) is 5.30. The van der Waals surface area contributed by atoms with Gasteiger partial charge in [-0.1, -0.05) is 6.07 Å². The molecule has 0 aromatic carbocycles. The first-order valence-corrected chi connectivity index (χ1v) is 9.93.